The molecular formula is C37H44O6Si. The van der Waals surface area contributed by atoms with Crippen LogP contribution in [0.5, 0.6) is 0 Å². The monoisotopic (exact) mass is 612 g/mol. The average molecular weight is 613 g/mol. The normalized spacial score (nSPS) is 22.5. The van der Waals surface area contributed by atoms with Gasteiger partial charge >= 0.3 is 0 Å². The third kappa shape index (κ3) is 7.21. The Labute approximate surface area is 262 Å². The van der Waals surface area contributed by atoms with Gasteiger partial charge in [-0.05, 0) is 26.5 Å². The van der Waals surface area contributed by atoms with Crippen molar-refractivity contribution in [3.63, 3.8) is 0 Å². The molecule has 0 spiro atoms. The molecule has 1 fully saturated rings. The second-order valence-electron chi connectivity index (χ2n) is 12.3. The van der Waals surface area contributed by atoms with Crippen molar-refractivity contribution in [1.29, 1.82) is 0 Å². The maximum atomic E-state index is 11.9. The van der Waals surface area contributed by atoms with Gasteiger partial charge in [0.2, 0.25) is 0 Å². The molecule has 232 valence electrons. The first kappa shape index (κ1) is 32.3. The molecule has 0 aromatic heterocycles. The van der Waals surface area contributed by atoms with Crippen molar-refractivity contribution in [3.8, 4) is 0 Å². The first-order chi connectivity index (χ1) is 21.3. The SMILES string of the molecule is CO[C@H]1O[C@H](CO[Si](c2ccccc2)(c2ccccc2)C(C)(C)C)[C@@H](O)[C@H](OCc2ccccc2)[C@H]1OCc1ccccc1. The van der Waals surface area contributed by atoms with E-state index in [1.807, 2.05) is 72.8 Å². The number of rotatable bonds is 12. The fourth-order valence-corrected chi connectivity index (χ4v) is 10.7. The largest absolute Gasteiger partial charge is 0.405 e. The van der Waals surface area contributed by atoms with Crippen LogP contribution in [0.15, 0.2) is 121 Å². The molecule has 0 radical (unpaired) electrons. The average Bonchev–Trinajstić information content (AvgIpc) is 3.05. The van der Waals surface area contributed by atoms with Gasteiger partial charge in [0.15, 0.2) is 6.29 Å². The van der Waals surface area contributed by atoms with Crippen LogP contribution in [0.1, 0.15) is 31.9 Å². The van der Waals surface area contributed by atoms with Crippen LogP contribution in [0.25, 0.3) is 0 Å². The Morgan fingerprint density at radius 2 is 1.09 bits per heavy atom. The highest BCUT2D eigenvalue weighted by Crippen LogP contribution is 2.38. The molecule has 4 aromatic carbocycles. The number of aliphatic hydroxyl groups is 1. The molecule has 0 amide bonds. The summed E-state index contributed by atoms with van der Waals surface area (Å²) in [5.41, 5.74) is 2.01. The molecule has 1 aliphatic rings. The van der Waals surface area contributed by atoms with Gasteiger partial charge in [0.25, 0.3) is 8.32 Å². The molecule has 5 atom stereocenters. The summed E-state index contributed by atoms with van der Waals surface area (Å²) < 4.78 is 32.2. The molecule has 1 N–H and O–H groups in total. The lowest BCUT2D eigenvalue weighted by Crippen LogP contribution is -2.68. The summed E-state index contributed by atoms with van der Waals surface area (Å²) >= 11 is 0. The predicted octanol–water partition coefficient (Wildman–Crippen LogP) is 5.47. The van der Waals surface area contributed by atoms with E-state index in [4.69, 9.17) is 23.4 Å². The molecule has 7 heteroatoms. The summed E-state index contributed by atoms with van der Waals surface area (Å²) in [5.74, 6) is 0. The van der Waals surface area contributed by atoms with Gasteiger partial charge in [-0.2, -0.15) is 0 Å². The van der Waals surface area contributed by atoms with Crippen molar-refractivity contribution in [2.24, 2.45) is 0 Å². The first-order valence-corrected chi connectivity index (χ1v) is 17.2. The van der Waals surface area contributed by atoms with Gasteiger partial charge in [0.05, 0.1) is 19.8 Å². The van der Waals surface area contributed by atoms with E-state index < -0.39 is 39.0 Å². The number of ether oxygens (including phenoxy) is 4. The minimum atomic E-state index is -2.87. The first-order valence-electron chi connectivity index (χ1n) is 15.3. The molecular weight excluding hydrogens is 568 g/mol. The lowest BCUT2D eigenvalue weighted by Gasteiger charge is -2.47. The van der Waals surface area contributed by atoms with E-state index in [1.165, 1.54) is 0 Å². The molecule has 0 saturated carbocycles. The quantitative estimate of drug-likeness (QED) is 0.214. The third-order valence-corrected chi connectivity index (χ3v) is 13.3. The van der Waals surface area contributed by atoms with Crippen LogP contribution in [0.3, 0.4) is 0 Å². The van der Waals surface area contributed by atoms with E-state index in [0.717, 1.165) is 21.5 Å². The highest BCUT2D eigenvalue weighted by Gasteiger charge is 2.53. The zero-order valence-electron chi connectivity index (χ0n) is 26.0. The van der Waals surface area contributed by atoms with Crippen LogP contribution >= 0.6 is 0 Å². The molecule has 0 unspecified atom stereocenters. The summed E-state index contributed by atoms with van der Waals surface area (Å²) in [6, 6.07) is 40.7. The fraction of sp³-hybridized carbons (Fsp3) is 0.351. The van der Waals surface area contributed by atoms with Gasteiger partial charge in [-0.1, -0.05) is 142 Å². The van der Waals surface area contributed by atoms with Crippen LogP contribution < -0.4 is 10.4 Å². The minimum Gasteiger partial charge on any atom is -0.405 e. The second-order valence-corrected chi connectivity index (χ2v) is 16.6. The highest BCUT2D eigenvalue weighted by molar-refractivity contribution is 6.99. The predicted molar refractivity (Wildman–Crippen MR) is 175 cm³/mol. The van der Waals surface area contributed by atoms with Crippen LogP contribution in [0.4, 0.5) is 0 Å². The highest BCUT2D eigenvalue weighted by atomic mass is 28.4. The van der Waals surface area contributed by atoms with Crippen molar-refractivity contribution in [3.05, 3.63) is 132 Å². The molecule has 1 aliphatic heterocycles. The van der Waals surface area contributed by atoms with E-state index in [0.29, 0.717) is 13.2 Å². The van der Waals surface area contributed by atoms with Crippen LogP contribution in [-0.4, -0.2) is 57.8 Å². The lowest BCUT2D eigenvalue weighted by molar-refractivity contribution is -0.313. The Kier molecular flexibility index (Phi) is 10.8. The Morgan fingerprint density at radius 1 is 0.659 bits per heavy atom. The smallest absolute Gasteiger partial charge is 0.261 e. The minimum absolute atomic E-state index is 0.158. The van der Waals surface area contributed by atoms with Crippen molar-refractivity contribution < 1.29 is 28.5 Å². The zero-order valence-corrected chi connectivity index (χ0v) is 27.0. The summed E-state index contributed by atoms with van der Waals surface area (Å²) in [5, 5.41) is 14.0. The number of hydrogen-bond acceptors (Lipinski definition) is 6. The standard InChI is InChI=1S/C37H44O6Si/c1-37(2,3)44(30-21-13-7-14-22-30,31-23-15-8-16-24-31)42-27-32-33(38)34(40-25-28-17-9-5-10-18-28)35(36(39-4)43-32)41-26-29-19-11-6-12-20-29/h5-24,32-36,38H,25-27H2,1-4H3/t32-,33-,34+,35-,36+/m1/s1. The fourth-order valence-electron chi connectivity index (χ4n) is 6.09. The summed E-state index contributed by atoms with van der Waals surface area (Å²) in [6.45, 7) is 7.49. The van der Waals surface area contributed by atoms with E-state index >= 15 is 0 Å². The van der Waals surface area contributed by atoms with E-state index in [2.05, 4.69) is 69.3 Å². The summed E-state index contributed by atoms with van der Waals surface area (Å²) in [4.78, 5) is 0. The van der Waals surface area contributed by atoms with Crippen LogP contribution in [0, 0.1) is 0 Å². The molecule has 5 rings (SSSR count). The Bertz CT molecular complexity index is 1360. The molecule has 44 heavy (non-hydrogen) atoms. The van der Waals surface area contributed by atoms with E-state index in [9.17, 15) is 5.11 Å². The maximum absolute atomic E-state index is 11.9. The summed E-state index contributed by atoms with van der Waals surface area (Å²) in [7, 11) is -1.28. The molecule has 4 aromatic rings. The van der Waals surface area contributed by atoms with Gasteiger partial charge in [-0.25, -0.2) is 0 Å². The number of hydrogen-bond donors (Lipinski definition) is 1. The van der Waals surface area contributed by atoms with Crippen molar-refractivity contribution in [2.75, 3.05) is 13.7 Å². The van der Waals surface area contributed by atoms with Crippen molar-refractivity contribution in [1.82, 2.24) is 0 Å². The number of benzene rings is 4. The van der Waals surface area contributed by atoms with E-state index in [1.54, 1.807) is 7.11 Å². The summed E-state index contributed by atoms with van der Waals surface area (Å²) in [6.07, 6.45) is -3.88. The third-order valence-electron chi connectivity index (χ3n) is 8.30. The van der Waals surface area contributed by atoms with Gasteiger partial charge in [-0.15, -0.1) is 0 Å². The maximum Gasteiger partial charge on any atom is 0.261 e. The lowest BCUT2D eigenvalue weighted by atomic mass is 9.98. The Balaban J connectivity index is 1.44. The number of methoxy groups -OCH3 is 1. The van der Waals surface area contributed by atoms with Crippen molar-refractivity contribution >= 4 is 18.7 Å². The molecule has 6 nitrogen and oxygen atoms in total. The van der Waals surface area contributed by atoms with Gasteiger partial charge in [0, 0.05) is 7.11 Å². The molecule has 1 saturated heterocycles. The zero-order chi connectivity index (χ0) is 31.0. The Morgan fingerprint density at radius 3 is 1.52 bits per heavy atom. The Hall–Kier alpha value is -3.14. The van der Waals surface area contributed by atoms with Gasteiger partial charge < -0.3 is 28.5 Å². The molecule has 1 heterocycles. The topological polar surface area (TPSA) is 66.4 Å². The van der Waals surface area contributed by atoms with Crippen LogP contribution in [-0.2, 0) is 36.6 Å². The molecule has 0 aliphatic carbocycles. The van der Waals surface area contributed by atoms with Gasteiger partial charge in [0.1, 0.15) is 24.4 Å². The number of aliphatic hydroxyl groups excluding tert-OH is 1. The van der Waals surface area contributed by atoms with Crippen molar-refractivity contribution in [2.45, 2.75) is 69.7 Å². The van der Waals surface area contributed by atoms with Crippen LogP contribution in [0.2, 0.25) is 5.04 Å². The van der Waals surface area contributed by atoms with E-state index in [-0.39, 0.29) is 11.6 Å². The molecule has 0 bridgehead atoms. The van der Waals surface area contributed by atoms with Gasteiger partial charge in [-0.3, -0.25) is 0 Å². The second kappa shape index (κ2) is 14.8.